The number of fused-ring (bicyclic) bond motifs is 1. The van der Waals surface area contributed by atoms with Crippen LogP contribution in [0.2, 0.25) is 0 Å². The molecule has 0 aliphatic carbocycles. The first-order valence-corrected chi connectivity index (χ1v) is 14.7. The predicted molar refractivity (Wildman–Crippen MR) is 148 cm³/mol. The zero-order valence-corrected chi connectivity index (χ0v) is 25.1. The van der Waals surface area contributed by atoms with Crippen molar-refractivity contribution in [1.82, 2.24) is 9.78 Å². The lowest BCUT2D eigenvalue weighted by Gasteiger charge is -2.21. The average Bonchev–Trinajstić information content (AvgIpc) is 3.04. The van der Waals surface area contributed by atoms with Gasteiger partial charge in [-0.05, 0) is 77.5 Å². The summed E-state index contributed by atoms with van der Waals surface area (Å²) >= 11 is 0. The van der Waals surface area contributed by atoms with Crippen molar-refractivity contribution in [1.29, 1.82) is 0 Å². The molecule has 1 unspecified atom stereocenters. The van der Waals surface area contributed by atoms with E-state index in [9.17, 15) is 14.0 Å². The fraction of sp³-hybridized carbons (Fsp3) is 0.593. The van der Waals surface area contributed by atoms with Crippen LogP contribution >= 0.6 is 10.0 Å². The van der Waals surface area contributed by atoms with Crippen molar-refractivity contribution >= 4 is 33.6 Å². The average molecular weight is 557 g/mol. The molecule has 2 aromatic rings. The number of carbonyl (C=O) groups is 2. The van der Waals surface area contributed by atoms with Gasteiger partial charge in [-0.15, -0.1) is 0 Å². The van der Waals surface area contributed by atoms with Crippen LogP contribution in [-0.2, 0) is 30.8 Å². The standard InChI is InChI=1S/C22H31FN2O5S.C5H10O2/c1-22(2,3)30-21(26)29-14-15(27-5)13-28-20-12-19-16(11-17(20)23)18(24-25(19)4)9-10-31(6,7)8;1-5(2,3)7-4-6/h11-12,15H,13-14H2,1-8H3;4H,1-3H3. The van der Waals surface area contributed by atoms with Gasteiger partial charge in [-0.2, -0.15) is 15.1 Å². The monoisotopic (exact) mass is 556 g/mol. The molecule has 0 bridgehead atoms. The first-order chi connectivity index (χ1) is 17.3. The molecular weight excluding hydrogens is 515 g/mol. The third-order valence-electron chi connectivity index (χ3n) is 4.32. The maximum absolute atomic E-state index is 14.7. The Labute approximate surface area is 226 Å². The summed E-state index contributed by atoms with van der Waals surface area (Å²) < 4.78 is 41.9. The zero-order valence-electron chi connectivity index (χ0n) is 24.3. The summed E-state index contributed by atoms with van der Waals surface area (Å²) in [7, 11) is 2.19. The number of rotatable bonds is 7. The van der Waals surface area contributed by atoms with Crippen LogP contribution in [0.4, 0.5) is 9.18 Å². The molecule has 1 atom stereocenters. The van der Waals surface area contributed by atoms with Crippen LogP contribution < -0.4 is 4.74 Å². The third kappa shape index (κ3) is 12.5. The van der Waals surface area contributed by atoms with Gasteiger partial charge in [0.1, 0.15) is 36.2 Å². The van der Waals surface area contributed by atoms with Crippen LogP contribution in [-0.4, -0.2) is 78.8 Å². The second-order valence-corrected chi connectivity index (χ2v) is 15.0. The summed E-state index contributed by atoms with van der Waals surface area (Å²) in [6.45, 7) is 11.0. The topological polar surface area (TPSA) is 98.1 Å². The molecule has 0 saturated heterocycles. The Balaban J connectivity index is 0.000000905. The minimum Gasteiger partial charge on any atom is -0.488 e. The van der Waals surface area contributed by atoms with Crippen LogP contribution in [0.25, 0.3) is 10.9 Å². The maximum Gasteiger partial charge on any atom is 0.508 e. The summed E-state index contributed by atoms with van der Waals surface area (Å²) in [5, 5.41) is 8.23. The summed E-state index contributed by atoms with van der Waals surface area (Å²) in [6.07, 6.45) is 4.84. The lowest BCUT2D eigenvalue weighted by molar-refractivity contribution is -0.138. The zero-order chi connectivity index (χ0) is 29.3. The van der Waals surface area contributed by atoms with Crippen molar-refractivity contribution in [3.8, 4) is 16.9 Å². The first kappa shape index (κ1) is 33.1. The van der Waals surface area contributed by atoms with E-state index in [0.29, 0.717) is 23.1 Å². The molecule has 0 aliphatic rings. The van der Waals surface area contributed by atoms with Crippen molar-refractivity contribution in [2.45, 2.75) is 58.8 Å². The van der Waals surface area contributed by atoms with E-state index < -0.39 is 33.7 Å². The van der Waals surface area contributed by atoms with E-state index >= 15 is 0 Å². The van der Waals surface area contributed by atoms with E-state index in [2.05, 4.69) is 39.8 Å². The molecule has 2 rings (SSSR count). The molecule has 0 saturated carbocycles. The van der Waals surface area contributed by atoms with E-state index in [1.807, 2.05) is 20.8 Å². The van der Waals surface area contributed by atoms with Crippen LogP contribution in [0.15, 0.2) is 12.1 Å². The molecule has 0 N–H and O–H groups in total. The first-order valence-electron chi connectivity index (χ1n) is 11.9. The van der Waals surface area contributed by atoms with Crippen molar-refractivity contribution in [2.24, 2.45) is 7.05 Å². The quantitative estimate of drug-likeness (QED) is 0.266. The minimum atomic E-state index is -1.03. The summed E-state index contributed by atoms with van der Waals surface area (Å²) in [4.78, 5) is 21.3. The Kier molecular flexibility index (Phi) is 11.9. The smallest absolute Gasteiger partial charge is 0.488 e. The molecule has 0 spiro atoms. The Hall–Kier alpha value is -2.97. The van der Waals surface area contributed by atoms with E-state index in [0.717, 1.165) is 0 Å². The molecule has 38 heavy (non-hydrogen) atoms. The summed E-state index contributed by atoms with van der Waals surface area (Å²) in [5.41, 5.74) is 0.256. The highest BCUT2D eigenvalue weighted by molar-refractivity contribution is 8.35. The number of aryl methyl sites for hydroxylation is 1. The van der Waals surface area contributed by atoms with E-state index in [1.165, 1.54) is 13.2 Å². The predicted octanol–water partition coefficient (Wildman–Crippen LogP) is 5.02. The van der Waals surface area contributed by atoms with E-state index in [-0.39, 0.29) is 24.6 Å². The molecule has 9 nitrogen and oxygen atoms in total. The van der Waals surface area contributed by atoms with Crippen LogP contribution in [0.3, 0.4) is 0 Å². The maximum atomic E-state index is 14.7. The molecule has 0 aliphatic heterocycles. The number of carbonyl (C=O) groups excluding carboxylic acids is 2. The SMILES string of the molecule is CC(C)(C)OC=O.COC(COC(=O)OC(C)(C)C)COc1cc2c(cc1F)c(C#CS(C)(C)C)nn2C. The van der Waals surface area contributed by atoms with Crippen LogP contribution in [0.5, 0.6) is 5.75 Å². The number of methoxy groups -OCH3 is 1. The van der Waals surface area contributed by atoms with Crippen molar-refractivity contribution in [3.63, 3.8) is 0 Å². The number of halogens is 1. The van der Waals surface area contributed by atoms with Crippen LogP contribution in [0, 0.1) is 17.0 Å². The number of hydrogen-bond donors (Lipinski definition) is 0. The molecule has 11 heteroatoms. The number of benzene rings is 1. The lowest BCUT2D eigenvalue weighted by Crippen LogP contribution is -2.30. The van der Waals surface area contributed by atoms with Gasteiger partial charge in [0.15, 0.2) is 11.6 Å². The molecule has 1 heterocycles. The fourth-order valence-corrected chi connectivity index (χ4v) is 3.02. The third-order valence-corrected chi connectivity index (χ3v) is 5.03. The van der Waals surface area contributed by atoms with Gasteiger partial charge in [-0.3, -0.25) is 9.48 Å². The molecule has 1 aromatic carbocycles. The Morgan fingerprint density at radius 2 is 1.76 bits per heavy atom. The molecule has 0 radical (unpaired) electrons. The Morgan fingerprint density at radius 3 is 2.24 bits per heavy atom. The summed E-state index contributed by atoms with van der Waals surface area (Å²) in [6, 6.07) is 2.95. The van der Waals surface area contributed by atoms with Gasteiger partial charge in [-0.25, -0.2) is 9.18 Å². The van der Waals surface area contributed by atoms with Crippen molar-refractivity contribution in [2.75, 3.05) is 39.1 Å². The van der Waals surface area contributed by atoms with Gasteiger partial charge in [-0.1, -0.05) is 0 Å². The van der Waals surface area contributed by atoms with Crippen LogP contribution in [0.1, 0.15) is 47.2 Å². The molecule has 0 fully saturated rings. The highest BCUT2D eigenvalue weighted by atomic mass is 32.3. The second-order valence-electron chi connectivity index (χ2n) is 11.1. The lowest BCUT2D eigenvalue weighted by atomic mass is 10.2. The number of hydrogen-bond acceptors (Lipinski definition) is 8. The highest BCUT2D eigenvalue weighted by Crippen LogP contribution is 2.33. The Bertz CT molecular complexity index is 1150. The molecule has 0 amide bonds. The van der Waals surface area contributed by atoms with Gasteiger partial charge in [0.05, 0.1) is 5.52 Å². The van der Waals surface area contributed by atoms with Gasteiger partial charge in [0.2, 0.25) is 0 Å². The van der Waals surface area contributed by atoms with Gasteiger partial charge < -0.3 is 23.7 Å². The van der Waals surface area contributed by atoms with Gasteiger partial charge in [0, 0.05) is 25.6 Å². The largest absolute Gasteiger partial charge is 0.508 e. The normalized spacial score (nSPS) is 12.8. The van der Waals surface area contributed by atoms with Gasteiger partial charge >= 0.3 is 6.16 Å². The fourth-order valence-electron chi connectivity index (χ4n) is 2.61. The molecular formula is C27H41FN2O7S. The van der Waals surface area contributed by atoms with Crippen molar-refractivity contribution in [3.05, 3.63) is 23.6 Å². The minimum absolute atomic E-state index is 0.0143. The molecule has 214 valence electrons. The van der Waals surface area contributed by atoms with E-state index in [1.54, 1.807) is 38.6 Å². The highest BCUT2D eigenvalue weighted by Gasteiger charge is 2.20. The van der Waals surface area contributed by atoms with Gasteiger partial charge in [0.25, 0.3) is 6.47 Å². The second kappa shape index (κ2) is 13.7. The number of nitrogens with zero attached hydrogens (tertiary/aromatic N) is 2. The summed E-state index contributed by atoms with van der Waals surface area (Å²) in [5.74, 6) is 2.58. The molecule has 1 aromatic heterocycles. The number of aromatic nitrogens is 2. The number of ether oxygens (including phenoxy) is 5. The van der Waals surface area contributed by atoms with Crippen molar-refractivity contribution < 1.29 is 37.7 Å². The Morgan fingerprint density at radius 1 is 1.13 bits per heavy atom. The van der Waals surface area contributed by atoms with E-state index in [4.69, 9.17) is 18.9 Å².